The van der Waals surface area contributed by atoms with Crippen LogP contribution in [0.15, 0.2) is 62.8 Å². The SMILES string of the molecule is N=C(N)c1ccc(Sc2ccccc2)cc1Br. The second-order valence-corrected chi connectivity index (χ2v) is 5.47. The summed E-state index contributed by atoms with van der Waals surface area (Å²) in [6, 6.07) is 16.0. The lowest BCUT2D eigenvalue weighted by Gasteiger charge is -2.05. The van der Waals surface area contributed by atoms with Gasteiger partial charge in [0.25, 0.3) is 0 Å². The van der Waals surface area contributed by atoms with E-state index in [-0.39, 0.29) is 5.84 Å². The Hall–Kier alpha value is -1.26. The summed E-state index contributed by atoms with van der Waals surface area (Å²) in [7, 11) is 0. The fraction of sp³-hybridized carbons (Fsp3) is 0. The highest BCUT2D eigenvalue weighted by Gasteiger charge is 2.04. The van der Waals surface area contributed by atoms with Gasteiger partial charge in [0.2, 0.25) is 0 Å². The van der Waals surface area contributed by atoms with E-state index < -0.39 is 0 Å². The largest absolute Gasteiger partial charge is 0.384 e. The minimum atomic E-state index is 0.0770. The number of nitrogens with one attached hydrogen (secondary N) is 1. The van der Waals surface area contributed by atoms with Crippen LogP contribution in [0.25, 0.3) is 0 Å². The van der Waals surface area contributed by atoms with Crippen molar-refractivity contribution in [3.63, 3.8) is 0 Å². The van der Waals surface area contributed by atoms with Crippen LogP contribution in [0.1, 0.15) is 5.56 Å². The first-order valence-corrected chi connectivity index (χ1v) is 6.64. The van der Waals surface area contributed by atoms with Crippen LogP contribution >= 0.6 is 27.7 Å². The second-order valence-electron chi connectivity index (χ2n) is 3.47. The Kier molecular flexibility index (Phi) is 3.86. The van der Waals surface area contributed by atoms with Crippen LogP contribution < -0.4 is 5.73 Å². The van der Waals surface area contributed by atoms with Crippen molar-refractivity contribution in [3.05, 3.63) is 58.6 Å². The second kappa shape index (κ2) is 5.38. The maximum Gasteiger partial charge on any atom is 0.123 e. The lowest BCUT2D eigenvalue weighted by molar-refractivity contribution is 1.35. The molecule has 2 nitrogen and oxygen atoms in total. The quantitative estimate of drug-likeness (QED) is 0.668. The summed E-state index contributed by atoms with van der Waals surface area (Å²) in [6.45, 7) is 0. The van der Waals surface area contributed by atoms with Crippen LogP contribution in [0.2, 0.25) is 0 Å². The number of benzene rings is 2. The Morgan fingerprint density at radius 1 is 1.06 bits per heavy atom. The third-order valence-corrected chi connectivity index (χ3v) is 3.86. The minimum Gasteiger partial charge on any atom is -0.384 e. The number of amidine groups is 1. The highest BCUT2D eigenvalue weighted by atomic mass is 79.9. The number of halogens is 1. The zero-order valence-corrected chi connectivity index (χ0v) is 11.4. The van der Waals surface area contributed by atoms with Crippen molar-refractivity contribution in [1.29, 1.82) is 5.41 Å². The van der Waals surface area contributed by atoms with Crippen molar-refractivity contribution in [1.82, 2.24) is 0 Å². The van der Waals surface area contributed by atoms with E-state index in [0.29, 0.717) is 0 Å². The van der Waals surface area contributed by atoms with Crippen LogP contribution in [-0.2, 0) is 0 Å². The van der Waals surface area contributed by atoms with Gasteiger partial charge in [-0.15, -0.1) is 0 Å². The molecule has 0 spiro atoms. The van der Waals surface area contributed by atoms with Crippen LogP contribution in [0.3, 0.4) is 0 Å². The number of hydrogen-bond acceptors (Lipinski definition) is 2. The van der Waals surface area contributed by atoms with E-state index in [1.807, 2.05) is 36.4 Å². The average Bonchev–Trinajstić information content (AvgIpc) is 2.30. The Bertz CT molecular complexity index is 540. The zero-order valence-electron chi connectivity index (χ0n) is 8.98. The smallest absolute Gasteiger partial charge is 0.123 e. The van der Waals surface area contributed by atoms with Gasteiger partial charge in [-0.2, -0.15) is 0 Å². The first-order valence-electron chi connectivity index (χ1n) is 5.03. The normalized spacial score (nSPS) is 10.2. The molecule has 2 rings (SSSR count). The highest BCUT2D eigenvalue weighted by Crippen LogP contribution is 2.30. The topological polar surface area (TPSA) is 49.9 Å². The summed E-state index contributed by atoms with van der Waals surface area (Å²) < 4.78 is 0.853. The molecule has 4 heteroatoms. The molecule has 0 heterocycles. The lowest BCUT2D eigenvalue weighted by Crippen LogP contribution is -2.11. The van der Waals surface area contributed by atoms with Gasteiger partial charge in [0.15, 0.2) is 0 Å². The van der Waals surface area contributed by atoms with E-state index in [4.69, 9.17) is 11.1 Å². The molecule has 86 valence electrons. The lowest BCUT2D eigenvalue weighted by atomic mass is 10.2. The van der Waals surface area contributed by atoms with E-state index >= 15 is 0 Å². The summed E-state index contributed by atoms with van der Waals surface area (Å²) in [5.74, 6) is 0.0770. The summed E-state index contributed by atoms with van der Waals surface area (Å²) >= 11 is 5.11. The van der Waals surface area contributed by atoms with Gasteiger partial charge in [0.1, 0.15) is 5.84 Å². The molecule has 0 aliphatic rings. The first-order chi connectivity index (χ1) is 8.16. The van der Waals surface area contributed by atoms with Crippen molar-refractivity contribution in [2.75, 3.05) is 0 Å². The van der Waals surface area contributed by atoms with Gasteiger partial charge in [-0.25, -0.2) is 0 Å². The Labute approximate surface area is 113 Å². The molecule has 0 unspecified atom stereocenters. The van der Waals surface area contributed by atoms with Gasteiger partial charge in [-0.1, -0.05) is 30.0 Å². The number of nitrogens with two attached hydrogens (primary N) is 1. The van der Waals surface area contributed by atoms with E-state index in [1.54, 1.807) is 11.8 Å². The van der Waals surface area contributed by atoms with Gasteiger partial charge in [-0.3, -0.25) is 5.41 Å². The van der Waals surface area contributed by atoms with E-state index in [9.17, 15) is 0 Å². The molecule has 0 saturated heterocycles. The molecule has 0 radical (unpaired) electrons. The Morgan fingerprint density at radius 2 is 1.76 bits per heavy atom. The molecule has 0 fully saturated rings. The van der Waals surface area contributed by atoms with Gasteiger partial charge in [0, 0.05) is 19.8 Å². The molecule has 0 bridgehead atoms. The molecule has 0 amide bonds. The summed E-state index contributed by atoms with van der Waals surface area (Å²) in [4.78, 5) is 2.31. The van der Waals surface area contributed by atoms with Gasteiger partial charge < -0.3 is 5.73 Å². The molecular formula is C13H11BrN2S. The number of hydrogen-bond donors (Lipinski definition) is 2. The summed E-state index contributed by atoms with van der Waals surface area (Å²) in [6.07, 6.45) is 0. The molecule has 0 aromatic heterocycles. The maximum absolute atomic E-state index is 7.41. The van der Waals surface area contributed by atoms with E-state index in [1.165, 1.54) is 4.90 Å². The summed E-state index contributed by atoms with van der Waals surface area (Å²) in [5.41, 5.74) is 6.19. The first kappa shape index (κ1) is 12.2. The van der Waals surface area contributed by atoms with Crippen LogP contribution in [0, 0.1) is 5.41 Å². The fourth-order valence-corrected chi connectivity index (χ4v) is 3.02. The standard InChI is InChI=1S/C13H11BrN2S/c14-12-8-10(6-7-11(12)13(15)16)17-9-4-2-1-3-5-9/h1-8H,(H3,15,16). The number of nitrogen functional groups attached to an aromatic ring is 1. The third-order valence-electron chi connectivity index (χ3n) is 2.21. The Morgan fingerprint density at radius 3 is 2.35 bits per heavy atom. The maximum atomic E-state index is 7.41. The van der Waals surface area contributed by atoms with Gasteiger partial charge in [0.05, 0.1) is 0 Å². The fourth-order valence-electron chi connectivity index (χ4n) is 1.40. The molecule has 3 N–H and O–H groups in total. The van der Waals surface area contributed by atoms with Crippen molar-refractivity contribution < 1.29 is 0 Å². The van der Waals surface area contributed by atoms with Crippen molar-refractivity contribution in [2.45, 2.75) is 9.79 Å². The van der Waals surface area contributed by atoms with Crippen LogP contribution in [-0.4, -0.2) is 5.84 Å². The molecular weight excluding hydrogens is 296 g/mol. The molecule has 0 aliphatic heterocycles. The molecule has 2 aromatic carbocycles. The number of rotatable bonds is 3. The molecule has 2 aromatic rings. The molecule has 0 aliphatic carbocycles. The van der Waals surface area contributed by atoms with Gasteiger partial charge >= 0.3 is 0 Å². The predicted octanol–water partition coefficient (Wildman–Crippen LogP) is 3.88. The van der Waals surface area contributed by atoms with Crippen molar-refractivity contribution in [3.8, 4) is 0 Å². The Balaban J connectivity index is 2.24. The van der Waals surface area contributed by atoms with Gasteiger partial charge in [-0.05, 0) is 46.3 Å². The minimum absolute atomic E-state index is 0.0770. The third kappa shape index (κ3) is 3.11. The predicted molar refractivity (Wildman–Crippen MR) is 75.7 cm³/mol. The average molecular weight is 307 g/mol. The van der Waals surface area contributed by atoms with Crippen molar-refractivity contribution >= 4 is 33.5 Å². The van der Waals surface area contributed by atoms with Crippen LogP contribution in [0.4, 0.5) is 0 Å². The zero-order chi connectivity index (χ0) is 12.3. The molecule has 0 saturated carbocycles. The van der Waals surface area contributed by atoms with Crippen molar-refractivity contribution in [2.24, 2.45) is 5.73 Å². The van der Waals surface area contributed by atoms with E-state index in [2.05, 4.69) is 28.1 Å². The monoisotopic (exact) mass is 306 g/mol. The van der Waals surface area contributed by atoms with E-state index in [0.717, 1.165) is 14.9 Å². The highest BCUT2D eigenvalue weighted by molar-refractivity contribution is 9.10. The molecule has 17 heavy (non-hydrogen) atoms. The van der Waals surface area contributed by atoms with Crippen LogP contribution in [0.5, 0.6) is 0 Å². The summed E-state index contributed by atoms with van der Waals surface area (Å²) in [5, 5.41) is 7.41. The molecule has 0 atom stereocenters.